The zero-order valence-corrected chi connectivity index (χ0v) is 13.5. The van der Waals surface area contributed by atoms with Crippen molar-refractivity contribution in [2.45, 2.75) is 45.3 Å². The third-order valence-electron chi connectivity index (χ3n) is 3.86. The third-order valence-corrected chi connectivity index (χ3v) is 4.85. The van der Waals surface area contributed by atoms with Gasteiger partial charge in [-0.1, -0.05) is 19.9 Å². The van der Waals surface area contributed by atoms with Crippen molar-refractivity contribution in [2.75, 3.05) is 26.2 Å². The second-order valence-corrected chi connectivity index (χ2v) is 7.25. The van der Waals surface area contributed by atoms with Gasteiger partial charge in [0.05, 0.1) is 6.10 Å². The molecule has 2 atom stereocenters. The molecule has 0 radical (unpaired) electrons. The standard InChI is InChI=1S/C16H28N2OS/c1-13(2)10-15(16-6-5-9-20-16)17-11-14(19)12-18-7-3-4-8-18/h5-6,9,13-15,17,19H,3-4,7-8,10-12H2,1-2H3. The van der Waals surface area contributed by atoms with Crippen LogP contribution in [0, 0.1) is 5.92 Å². The average Bonchev–Trinajstić information content (AvgIpc) is 3.06. The lowest BCUT2D eigenvalue weighted by atomic mass is 10.0. The van der Waals surface area contributed by atoms with Gasteiger partial charge in [0, 0.05) is 24.0 Å². The van der Waals surface area contributed by atoms with E-state index in [0.717, 1.165) is 26.1 Å². The van der Waals surface area contributed by atoms with Crippen LogP contribution in [0.5, 0.6) is 0 Å². The van der Waals surface area contributed by atoms with Crippen molar-refractivity contribution in [3.63, 3.8) is 0 Å². The van der Waals surface area contributed by atoms with E-state index in [1.807, 2.05) is 0 Å². The lowest BCUT2D eigenvalue weighted by Gasteiger charge is -2.24. The van der Waals surface area contributed by atoms with Crippen LogP contribution in [-0.2, 0) is 0 Å². The Kier molecular flexibility index (Phi) is 6.49. The summed E-state index contributed by atoms with van der Waals surface area (Å²) in [6.45, 7) is 8.30. The van der Waals surface area contributed by atoms with E-state index >= 15 is 0 Å². The molecule has 2 rings (SSSR count). The summed E-state index contributed by atoms with van der Waals surface area (Å²) in [7, 11) is 0. The number of nitrogens with zero attached hydrogens (tertiary/aromatic N) is 1. The fourth-order valence-corrected chi connectivity index (χ4v) is 3.68. The molecule has 0 aromatic carbocycles. The van der Waals surface area contributed by atoms with Gasteiger partial charge in [-0.15, -0.1) is 11.3 Å². The molecule has 1 aliphatic heterocycles. The van der Waals surface area contributed by atoms with Crippen LogP contribution in [-0.4, -0.2) is 42.3 Å². The van der Waals surface area contributed by atoms with Crippen molar-refractivity contribution in [3.05, 3.63) is 22.4 Å². The normalized spacial score (nSPS) is 19.6. The summed E-state index contributed by atoms with van der Waals surface area (Å²) in [6, 6.07) is 4.68. The van der Waals surface area contributed by atoms with Gasteiger partial charge in [0.1, 0.15) is 0 Å². The van der Waals surface area contributed by atoms with Gasteiger partial charge in [-0.2, -0.15) is 0 Å². The van der Waals surface area contributed by atoms with Crippen LogP contribution >= 0.6 is 11.3 Å². The predicted molar refractivity (Wildman–Crippen MR) is 86.2 cm³/mol. The van der Waals surface area contributed by atoms with Gasteiger partial charge >= 0.3 is 0 Å². The highest BCUT2D eigenvalue weighted by atomic mass is 32.1. The maximum Gasteiger partial charge on any atom is 0.0791 e. The summed E-state index contributed by atoms with van der Waals surface area (Å²) in [5, 5.41) is 15.9. The molecular weight excluding hydrogens is 268 g/mol. The molecule has 1 saturated heterocycles. The number of rotatable bonds is 8. The van der Waals surface area contributed by atoms with Gasteiger partial charge in [0.2, 0.25) is 0 Å². The summed E-state index contributed by atoms with van der Waals surface area (Å²) >= 11 is 1.80. The largest absolute Gasteiger partial charge is 0.390 e. The van der Waals surface area contributed by atoms with E-state index in [2.05, 4.69) is 41.6 Å². The molecule has 4 heteroatoms. The topological polar surface area (TPSA) is 35.5 Å². The Balaban J connectivity index is 1.78. The van der Waals surface area contributed by atoms with E-state index < -0.39 is 0 Å². The van der Waals surface area contributed by atoms with Crippen molar-refractivity contribution in [1.29, 1.82) is 0 Å². The zero-order chi connectivity index (χ0) is 14.4. The molecule has 0 amide bonds. The van der Waals surface area contributed by atoms with E-state index in [-0.39, 0.29) is 6.10 Å². The third kappa shape index (κ3) is 5.17. The summed E-state index contributed by atoms with van der Waals surface area (Å²) < 4.78 is 0. The van der Waals surface area contributed by atoms with Crippen molar-refractivity contribution in [1.82, 2.24) is 10.2 Å². The number of β-amino-alcohol motifs (C(OH)–C–C–N with tert-alkyl or cyclic N) is 1. The Morgan fingerprint density at radius 2 is 2.10 bits per heavy atom. The van der Waals surface area contributed by atoms with E-state index in [9.17, 15) is 5.11 Å². The Bertz CT molecular complexity index is 361. The first-order chi connectivity index (χ1) is 9.65. The van der Waals surface area contributed by atoms with E-state index in [1.54, 1.807) is 11.3 Å². The highest BCUT2D eigenvalue weighted by Crippen LogP contribution is 2.25. The van der Waals surface area contributed by atoms with Crippen molar-refractivity contribution >= 4 is 11.3 Å². The lowest BCUT2D eigenvalue weighted by molar-refractivity contribution is 0.119. The Morgan fingerprint density at radius 1 is 1.35 bits per heavy atom. The number of aliphatic hydroxyl groups is 1. The smallest absolute Gasteiger partial charge is 0.0791 e. The molecule has 2 heterocycles. The number of nitrogens with one attached hydrogen (secondary N) is 1. The highest BCUT2D eigenvalue weighted by Gasteiger charge is 2.18. The second kappa shape index (κ2) is 8.13. The molecule has 114 valence electrons. The van der Waals surface area contributed by atoms with Gasteiger partial charge in [-0.3, -0.25) is 0 Å². The van der Waals surface area contributed by atoms with Gasteiger partial charge in [-0.05, 0) is 49.7 Å². The molecule has 1 aliphatic rings. The van der Waals surface area contributed by atoms with Crippen LogP contribution in [0.1, 0.15) is 44.0 Å². The van der Waals surface area contributed by atoms with Crippen LogP contribution in [0.15, 0.2) is 17.5 Å². The molecular formula is C16H28N2OS. The van der Waals surface area contributed by atoms with Gasteiger partial charge in [0.15, 0.2) is 0 Å². The fourth-order valence-electron chi connectivity index (χ4n) is 2.87. The highest BCUT2D eigenvalue weighted by molar-refractivity contribution is 7.10. The van der Waals surface area contributed by atoms with Crippen molar-refractivity contribution in [2.24, 2.45) is 5.92 Å². The first-order valence-electron chi connectivity index (χ1n) is 7.82. The first-order valence-corrected chi connectivity index (χ1v) is 8.70. The Morgan fingerprint density at radius 3 is 2.70 bits per heavy atom. The molecule has 0 bridgehead atoms. The summed E-state index contributed by atoms with van der Waals surface area (Å²) in [6.07, 6.45) is 3.43. The zero-order valence-electron chi connectivity index (χ0n) is 12.7. The minimum Gasteiger partial charge on any atom is -0.390 e. The van der Waals surface area contributed by atoms with Gasteiger partial charge in [0.25, 0.3) is 0 Å². The van der Waals surface area contributed by atoms with Crippen molar-refractivity contribution < 1.29 is 5.11 Å². The van der Waals surface area contributed by atoms with Crippen LogP contribution in [0.2, 0.25) is 0 Å². The molecule has 0 aliphatic carbocycles. The average molecular weight is 296 g/mol. The Hall–Kier alpha value is -0.420. The van der Waals surface area contributed by atoms with E-state index in [1.165, 1.54) is 17.7 Å². The molecule has 2 unspecified atom stereocenters. The molecule has 3 nitrogen and oxygen atoms in total. The monoisotopic (exact) mass is 296 g/mol. The molecule has 1 aromatic rings. The summed E-state index contributed by atoms with van der Waals surface area (Å²) in [5.41, 5.74) is 0. The summed E-state index contributed by atoms with van der Waals surface area (Å²) in [5.74, 6) is 0.658. The maximum atomic E-state index is 10.2. The van der Waals surface area contributed by atoms with Crippen molar-refractivity contribution in [3.8, 4) is 0 Å². The fraction of sp³-hybridized carbons (Fsp3) is 0.750. The number of hydrogen-bond donors (Lipinski definition) is 2. The van der Waals surface area contributed by atoms with Gasteiger partial charge < -0.3 is 15.3 Å². The maximum absolute atomic E-state index is 10.2. The van der Waals surface area contributed by atoms with E-state index in [4.69, 9.17) is 0 Å². The summed E-state index contributed by atoms with van der Waals surface area (Å²) in [4.78, 5) is 3.75. The molecule has 1 fully saturated rings. The molecule has 0 spiro atoms. The minimum atomic E-state index is -0.261. The van der Waals surface area contributed by atoms with Crippen LogP contribution in [0.25, 0.3) is 0 Å². The molecule has 20 heavy (non-hydrogen) atoms. The quantitative estimate of drug-likeness (QED) is 0.774. The molecule has 2 N–H and O–H groups in total. The molecule has 1 aromatic heterocycles. The number of hydrogen-bond acceptors (Lipinski definition) is 4. The number of likely N-dealkylation sites (tertiary alicyclic amines) is 1. The van der Waals surface area contributed by atoms with E-state index in [0.29, 0.717) is 18.5 Å². The number of thiophene rings is 1. The predicted octanol–water partition coefficient (Wildman–Crippen LogP) is 2.88. The molecule has 0 saturated carbocycles. The first kappa shape index (κ1) is 16.0. The lowest BCUT2D eigenvalue weighted by Crippen LogP contribution is -2.38. The SMILES string of the molecule is CC(C)CC(NCC(O)CN1CCCC1)c1cccs1. The van der Waals surface area contributed by atoms with Gasteiger partial charge in [-0.25, -0.2) is 0 Å². The van der Waals surface area contributed by atoms with Crippen LogP contribution < -0.4 is 5.32 Å². The minimum absolute atomic E-state index is 0.261. The Labute approximate surface area is 127 Å². The van der Waals surface area contributed by atoms with Crippen LogP contribution in [0.4, 0.5) is 0 Å². The second-order valence-electron chi connectivity index (χ2n) is 6.27. The van der Waals surface area contributed by atoms with Crippen LogP contribution in [0.3, 0.4) is 0 Å². The number of aliphatic hydroxyl groups excluding tert-OH is 1.